The van der Waals surface area contributed by atoms with Gasteiger partial charge in [0.1, 0.15) is 0 Å². The molecule has 0 unspecified atom stereocenters. The summed E-state index contributed by atoms with van der Waals surface area (Å²) in [5, 5.41) is 0. The number of unbranched alkanes of at least 4 members (excludes halogenated alkanes) is 12. The Morgan fingerprint density at radius 2 is 1.00 bits per heavy atom. The lowest BCUT2D eigenvalue weighted by Gasteiger charge is -2.02. The Balaban J connectivity index is 3.52. The largest absolute Gasteiger partial charge is 0.364 e. The van der Waals surface area contributed by atoms with Gasteiger partial charge in [0.2, 0.25) is 5.91 Å². The first-order chi connectivity index (χ1) is 12.0. The standard InChI is InChI=1S/C19H35N3O3/c1-2-3-4-5-6-7-8-9-10-11-12-13-14-15-16(23)22-17(18(20)24)19(21)25/h2-15H2,1H3,(H2,20,24)(H2,21,25). The van der Waals surface area contributed by atoms with Crippen LogP contribution in [-0.2, 0) is 14.4 Å². The molecule has 0 saturated heterocycles. The fraction of sp³-hybridized carbons (Fsp3) is 0.789. The third-order valence-corrected chi connectivity index (χ3v) is 4.20. The van der Waals surface area contributed by atoms with E-state index in [-0.39, 0.29) is 6.42 Å². The Kier molecular flexibility index (Phi) is 14.7. The van der Waals surface area contributed by atoms with Gasteiger partial charge in [0.05, 0.1) is 0 Å². The van der Waals surface area contributed by atoms with E-state index >= 15 is 0 Å². The first kappa shape index (κ1) is 23.3. The zero-order valence-corrected chi connectivity index (χ0v) is 15.7. The molecule has 144 valence electrons. The van der Waals surface area contributed by atoms with E-state index in [0.717, 1.165) is 12.8 Å². The monoisotopic (exact) mass is 353 g/mol. The second kappa shape index (κ2) is 15.8. The molecule has 6 heteroatoms. The maximum Gasteiger partial charge on any atom is 0.273 e. The Bertz CT molecular complexity index is 418. The van der Waals surface area contributed by atoms with Gasteiger partial charge in [0, 0.05) is 6.42 Å². The van der Waals surface area contributed by atoms with E-state index in [4.69, 9.17) is 11.5 Å². The van der Waals surface area contributed by atoms with Gasteiger partial charge in [-0.25, -0.2) is 4.99 Å². The highest BCUT2D eigenvalue weighted by atomic mass is 16.2. The fourth-order valence-electron chi connectivity index (χ4n) is 2.71. The van der Waals surface area contributed by atoms with Gasteiger partial charge in [-0.2, -0.15) is 0 Å². The Morgan fingerprint density at radius 1 is 0.640 bits per heavy atom. The van der Waals surface area contributed by atoms with Crippen molar-refractivity contribution in [2.75, 3.05) is 0 Å². The van der Waals surface area contributed by atoms with Crippen LogP contribution in [0.5, 0.6) is 0 Å². The van der Waals surface area contributed by atoms with Crippen LogP contribution in [0.2, 0.25) is 0 Å². The van der Waals surface area contributed by atoms with Crippen molar-refractivity contribution in [1.82, 2.24) is 0 Å². The molecule has 0 aliphatic rings. The molecule has 0 bridgehead atoms. The van der Waals surface area contributed by atoms with Gasteiger partial charge in [-0.3, -0.25) is 14.4 Å². The maximum atomic E-state index is 11.6. The molecule has 0 radical (unpaired) electrons. The molecule has 0 aromatic heterocycles. The van der Waals surface area contributed by atoms with E-state index in [1.165, 1.54) is 64.2 Å². The highest BCUT2D eigenvalue weighted by Gasteiger charge is 2.15. The summed E-state index contributed by atoms with van der Waals surface area (Å²) in [6.45, 7) is 2.24. The summed E-state index contributed by atoms with van der Waals surface area (Å²) in [6, 6.07) is 0. The fourth-order valence-corrected chi connectivity index (χ4v) is 2.71. The van der Waals surface area contributed by atoms with Crippen LogP contribution >= 0.6 is 0 Å². The average Bonchev–Trinajstić information content (AvgIpc) is 2.56. The molecule has 0 aliphatic heterocycles. The first-order valence-corrected chi connectivity index (χ1v) is 9.70. The molecule has 6 nitrogen and oxygen atoms in total. The van der Waals surface area contributed by atoms with Crippen LogP contribution in [0.4, 0.5) is 0 Å². The molecule has 3 amide bonds. The number of primary amides is 2. The van der Waals surface area contributed by atoms with Crippen molar-refractivity contribution in [1.29, 1.82) is 0 Å². The topological polar surface area (TPSA) is 116 Å². The number of carbonyl (C=O) groups is 3. The Morgan fingerprint density at radius 3 is 1.36 bits per heavy atom. The maximum absolute atomic E-state index is 11.6. The molecule has 25 heavy (non-hydrogen) atoms. The molecular weight excluding hydrogens is 318 g/mol. The normalized spacial score (nSPS) is 10.4. The molecule has 0 aromatic rings. The zero-order valence-electron chi connectivity index (χ0n) is 15.7. The van der Waals surface area contributed by atoms with Crippen LogP contribution < -0.4 is 11.5 Å². The van der Waals surface area contributed by atoms with Gasteiger partial charge in [0.25, 0.3) is 11.8 Å². The molecule has 0 atom stereocenters. The van der Waals surface area contributed by atoms with Crippen LogP contribution in [0.1, 0.15) is 96.8 Å². The minimum Gasteiger partial charge on any atom is -0.364 e. The molecule has 0 aromatic carbocycles. The van der Waals surface area contributed by atoms with Crippen LogP contribution in [0, 0.1) is 0 Å². The van der Waals surface area contributed by atoms with Crippen LogP contribution in [-0.4, -0.2) is 23.4 Å². The minimum absolute atomic E-state index is 0.210. The van der Waals surface area contributed by atoms with E-state index in [0.29, 0.717) is 6.42 Å². The second-order valence-electron chi connectivity index (χ2n) is 6.58. The van der Waals surface area contributed by atoms with Crippen molar-refractivity contribution >= 4 is 23.4 Å². The number of rotatable bonds is 16. The molecule has 0 spiro atoms. The van der Waals surface area contributed by atoms with E-state index < -0.39 is 23.4 Å². The number of amides is 3. The molecular formula is C19H35N3O3. The van der Waals surface area contributed by atoms with Crippen molar-refractivity contribution in [2.45, 2.75) is 96.8 Å². The first-order valence-electron chi connectivity index (χ1n) is 9.70. The number of aliphatic imine (C=N–C) groups is 1. The summed E-state index contributed by atoms with van der Waals surface area (Å²) in [6.07, 6.45) is 16.1. The molecule has 0 rings (SSSR count). The van der Waals surface area contributed by atoms with E-state index in [1.54, 1.807) is 0 Å². The Labute approximate surface area is 151 Å². The van der Waals surface area contributed by atoms with Crippen molar-refractivity contribution in [3.63, 3.8) is 0 Å². The van der Waals surface area contributed by atoms with Crippen LogP contribution in [0.3, 0.4) is 0 Å². The quantitative estimate of drug-likeness (QED) is 0.251. The van der Waals surface area contributed by atoms with Crippen LogP contribution in [0.15, 0.2) is 4.99 Å². The third-order valence-electron chi connectivity index (χ3n) is 4.20. The molecule has 0 aliphatic carbocycles. The van der Waals surface area contributed by atoms with Crippen molar-refractivity contribution in [3.05, 3.63) is 0 Å². The summed E-state index contributed by atoms with van der Waals surface area (Å²) in [4.78, 5) is 36.8. The number of nitrogens with zero attached hydrogens (tertiary/aromatic N) is 1. The van der Waals surface area contributed by atoms with E-state index in [9.17, 15) is 14.4 Å². The molecule has 0 fully saturated rings. The molecule has 0 saturated carbocycles. The zero-order chi connectivity index (χ0) is 18.9. The lowest BCUT2D eigenvalue weighted by atomic mass is 10.0. The van der Waals surface area contributed by atoms with E-state index in [2.05, 4.69) is 11.9 Å². The Hall–Kier alpha value is -1.72. The summed E-state index contributed by atoms with van der Waals surface area (Å²) < 4.78 is 0. The summed E-state index contributed by atoms with van der Waals surface area (Å²) >= 11 is 0. The molecule has 4 N–H and O–H groups in total. The third kappa shape index (κ3) is 14.3. The SMILES string of the molecule is CCCCCCCCCCCCCCCC(=O)N=C(C(N)=O)C(N)=O. The minimum atomic E-state index is -1.06. The summed E-state index contributed by atoms with van der Waals surface area (Å²) in [7, 11) is 0. The number of nitrogens with two attached hydrogens (primary N) is 2. The van der Waals surface area contributed by atoms with Crippen molar-refractivity contribution in [2.24, 2.45) is 16.5 Å². The lowest BCUT2D eigenvalue weighted by Crippen LogP contribution is -2.36. The van der Waals surface area contributed by atoms with Crippen LogP contribution in [0.25, 0.3) is 0 Å². The van der Waals surface area contributed by atoms with Crippen molar-refractivity contribution < 1.29 is 14.4 Å². The van der Waals surface area contributed by atoms with E-state index in [1.807, 2.05) is 0 Å². The average molecular weight is 354 g/mol. The van der Waals surface area contributed by atoms with Gasteiger partial charge >= 0.3 is 0 Å². The molecule has 0 heterocycles. The highest BCUT2D eigenvalue weighted by Crippen LogP contribution is 2.13. The smallest absolute Gasteiger partial charge is 0.273 e. The number of carbonyl (C=O) groups excluding carboxylic acids is 3. The van der Waals surface area contributed by atoms with Gasteiger partial charge < -0.3 is 11.5 Å². The second-order valence-corrected chi connectivity index (χ2v) is 6.58. The summed E-state index contributed by atoms with van der Waals surface area (Å²) in [5.41, 5.74) is 9.21. The van der Waals surface area contributed by atoms with Gasteiger partial charge in [-0.15, -0.1) is 0 Å². The summed E-state index contributed by atoms with van der Waals surface area (Å²) in [5.74, 6) is -2.65. The number of hydrogen-bond acceptors (Lipinski definition) is 3. The van der Waals surface area contributed by atoms with Gasteiger partial charge in [-0.1, -0.05) is 84.0 Å². The van der Waals surface area contributed by atoms with Gasteiger partial charge in [0.15, 0.2) is 5.71 Å². The predicted octanol–water partition coefficient (Wildman–Crippen LogP) is 3.41. The lowest BCUT2D eigenvalue weighted by molar-refractivity contribution is -0.120. The predicted molar refractivity (Wildman–Crippen MR) is 101 cm³/mol. The van der Waals surface area contributed by atoms with Crippen molar-refractivity contribution in [3.8, 4) is 0 Å². The highest BCUT2D eigenvalue weighted by molar-refractivity contribution is 6.65. The number of hydrogen-bond donors (Lipinski definition) is 2. The van der Waals surface area contributed by atoms with Gasteiger partial charge in [-0.05, 0) is 6.42 Å².